The fraction of sp³-hybridized carbons (Fsp3) is 0.188. The van der Waals surface area contributed by atoms with Crippen LogP contribution in [0.4, 0.5) is 4.39 Å². The smallest absolute Gasteiger partial charge is 0.182 e. The van der Waals surface area contributed by atoms with Gasteiger partial charge in [0, 0.05) is 11.8 Å². The van der Waals surface area contributed by atoms with Crippen LogP contribution in [0.5, 0.6) is 5.75 Å². The summed E-state index contributed by atoms with van der Waals surface area (Å²) in [5, 5.41) is 0. The molecule has 0 aliphatic rings. The monoisotopic (exact) mass is 302 g/mol. The number of imidazole rings is 1. The predicted molar refractivity (Wildman–Crippen MR) is 84.2 cm³/mol. The van der Waals surface area contributed by atoms with Gasteiger partial charge in [-0.1, -0.05) is 0 Å². The van der Waals surface area contributed by atoms with E-state index in [9.17, 15) is 4.39 Å². The van der Waals surface area contributed by atoms with Crippen molar-refractivity contribution in [2.75, 3.05) is 0 Å². The van der Waals surface area contributed by atoms with Crippen LogP contribution in [-0.2, 0) is 0 Å². The Kier molecular flexibility index (Phi) is 3.51. The van der Waals surface area contributed by atoms with E-state index >= 15 is 0 Å². The normalized spacial score (nSPS) is 11.2. The third kappa shape index (κ3) is 2.69. The predicted octanol–water partition coefficient (Wildman–Crippen LogP) is 4.61. The van der Waals surface area contributed by atoms with Crippen molar-refractivity contribution in [3.8, 4) is 11.4 Å². The molecule has 0 aliphatic heterocycles. The van der Waals surface area contributed by atoms with Gasteiger partial charge in [-0.05, 0) is 62.5 Å². The second-order valence-corrected chi connectivity index (χ2v) is 5.47. The number of nitrogens with one attached hydrogen (secondary N) is 1. The number of fused-ring (bicyclic) bond motifs is 1. The van der Waals surface area contributed by atoms with E-state index in [4.69, 9.17) is 17.0 Å². The number of aromatic amines is 1. The van der Waals surface area contributed by atoms with Crippen molar-refractivity contribution in [3.05, 3.63) is 53.1 Å². The van der Waals surface area contributed by atoms with Crippen molar-refractivity contribution in [1.82, 2.24) is 9.55 Å². The first-order chi connectivity index (χ1) is 10.0. The van der Waals surface area contributed by atoms with Crippen LogP contribution >= 0.6 is 12.2 Å². The van der Waals surface area contributed by atoms with Crippen LogP contribution in [0.1, 0.15) is 13.8 Å². The molecule has 0 aliphatic carbocycles. The molecule has 1 aromatic heterocycles. The maximum Gasteiger partial charge on any atom is 0.182 e. The van der Waals surface area contributed by atoms with Crippen LogP contribution < -0.4 is 4.74 Å². The molecule has 3 rings (SSSR count). The van der Waals surface area contributed by atoms with E-state index in [2.05, 4.69) is 4.98 Å². The summed E-state index contributed by atoms with van der Waals surface area (Å²) in [6, 6.07) is 12.2. The summed E-state index contributed by atoms with van der Waals surface area (Å²) in [7, 11) is 0. The Morgan fingerprint density at radius 1 is 1.14 bits per heavy atom. The molecule has 0 saturated heterocycles. The van der Waals surface area contributed by atoms with Crippen LogP contribution in [0.25, 0.3) is 16.7 Å². The Hall–Kier alpha value is -2.14. The molecule has 2 aromatic carbocycles. The van der Waals surface area contributed by atoms with Gasteiger partial charge < -0.3 is 9.72 Å². The number of hydrogen-bond donors (Lipinski definition) is 1. The van der Waals surface area contributed by atoms with Gasteiger partial charge in [0.1, 0.15) is 11.6 Å². The highest BCUT2D eigenvalue weighted by molar-refractivity contribution is 7.71. The summed E-state index contributed by atoms with van der Waals surface area (Å²) in [5.41, 5.74) is 2.40. The summed E-state index contributed by atoms with van der Waals surface area (Å²) in [4.78, 5) is 3.08. The fourth-order valence-corrected chi connectivity index (χ4v) is 2.59. The number of H-pyrrole nitrogens is 1. The van der Waals surface area contributed by atoms with Crippen molar-refractivity contribution >= 4 is 23.3 Å². The third-order valence-corrected chi connectivity index (χ3v) is 3.40. The molecule has 0 unspecified atom stereocenters. The minimum Gasteiger partial charge on any atom is -0.491 e. The van der Waals surface area contributed by atoms with Crippen molar-refractivity contribution in [2.24, 2.45) is 0 Å². The second-order valence-electron chi connectivity index (χ2n) is 5.09. The highest BCUT2D eigenvalue weighted by atomic mass is 32.1. The van der Waals surface area contributed by atoms with Crippen LogP contribution in [0.2, 0.25) is 0 Å². The van der Waals surface area contributed by atoms with Crippen LogP contribution in [0.3, 0.4) is 0 Å². The van der Waals surface area contributed by atoms with Gasteiger partial charge in [0.05, 0.1) is 17.1 Å². The molecule has 0 fully saturated rings. The van der Waals surface area contributed by atoms with Gasteiger partial charge in [0.25, 0.3) is 0 Å². The lowest BCUT2D eigenvalue weighted by atomic mass is 10.2. The number of ether oxygens (including phenoxy) is 1. The molecular weight excluding hydrogens is 287 g/mol. The van der Waals surface area contributed by atoms with Crippen molar-refractivity contribution < 1.29 is 9.13 Å². The number of benzene rings is 2. The molecular formula is C16H15FN2OS. The lowest BCUT2D eigenvalue weighted by Gasteiger charge is -2.10. The van der Waals surface area contributed by atoms with E-state index in [-0.39, 0.29) is 11.9 Å². The molecule has 0 spiro atoms. The molecule has 5 heteroatoms. The number of rotatable bonds is 3. The van der Waals surface area contributed by atoms with Crippen LogP contribution in [0, 0.1) is 10.6 Å². The van der Waals surface area contributed by atoms with E-state index < -0.39 is 0 Å². The molecule has 21 heavy (non-hydrogen) atoms. The molecule has 1 N–H and O–H groups in total. The van der Waals surface area contributed by atoms with Gasteiger partial charge in [-0.15, -0.1) is 0 Å². The summed E-state index contributed by atoms with van der Waals surface area (Å²) in [5.74, 6) is 0.510. The minimum absolute atomic E-state index is 0.125. The van der Waals surface area contributed by atoms with E-state index in [0.717, 1.165) is 22.5 Å². The zero-order valence-electron chi connectivity index (χ0n) is 11.8. The Bertz CT molecular complexity index is 834. The maximum absolute atomic E-state index is 13.5. The quantitative estimate of drug-likeness (QED) is 0.716. The lowest BCUT2D eigenvalue weighted by molar-refractivity contribution is 0.242. The summed E-state index contributed by atoms with van der Waals surface area (Å²) in [6.07, 6.45) is 0.125. The fourth-order valence-electron chi connectivity index (χ4n) is 2.28. The SMILES string of the molecule is CC(C)Oc1ccc(-n2c(=S)[nH]c3ccc(F)cc32)cc1. The van der Waals surface area contributed by atoms with Crippen molar-refractivity contribution in [2.45, 2.75) is 20.0 Å². The Balaban J connectivity index is 2.09. The first-order valence-electron chi connectivity index (χ1n) is 6.72. The van der Waals surface area contributed by atoms with Gasteiger partial charge in [-0.2, -0.15) is 0 Å². The van der Waals surface area contributed by atoms with Gasteiger partial charge in [0.2, 0.25) is 0 Å². The van der Waals surface area contributed by atoms with Crippen molar-refractivity contribution in [1.29, 1.82) is 0 Å². The highest BCUT2D eigenvalue weighted by Gasteiger charge is 2.08. The topological polar surface area (TPSA) is 29.9 Å². The molecule has 0 radical (unpaired) electrons. The van der Waals surface area contributed by atoms with Crippen LogP contribution in [-0.4, -0.2) is 15.7 Å². The zero-order valence-corrected chi connectivity index (χ0v) is 12.6. The zero-order chi connectivity index (χ0) is 15.0. The number of halogens is 1. The van der Waals surface area contributed by atoms with E-state index in [1.54, 1.807) is 6.07 Å². The van der Waals surface area contributed by atoms with Gasteiger partial charge in [-0.3, -0.25) is 4.57 Å². The first kappa shape index (κ1) is 13.8. The number of hydrogen-bond acceptors (Lipinski definition) is 2. The van der Waals surface area contributed by atoms with E-state index in [1.807, 2.05) is 42.7 Å². The third-order valence-electron chi connectivity index (χ3n) is 3.11. The van der Waals surface area contributed by atoms with Crippen LogP contribution in [0.15, 0.2) is 42.5 Å². The first-order valence-corrected chi connectivity index (χ1v) is 7.13. The second kappa shape index (κ2) is 5.33. The Morgan fingerprint density at radius 3 is 2.52 bits per heavy atom. The Labute approximate surface area is 127 Å². The largest absolute Gasteiger partial charge is 0.491 e. The molecule has 3 aromatic rings. The van der Waals surface area contributed by atoms with E-state index in [0.29, 0.717) is 4.77 Å². The van der Waals surface area contributed by atoms with Gasteiger partial charge in [-0.25, -0.2) is 4.39 Å². The Morgan fingerprint density at radius 2 is 1.86 bits per heavy atom. The maximum atomic E-state index is 13.5. The number of aromatic nitrogens is 2. The highest BCUT2D eigenvalue weighted by Crippen LogP contribution is 2.22. The molecule has 0 bridgehead atoms. The van der Waals surface area contributed by atoms with Gasteiger partial charge >= 0.3 is 0 Å². The molecule has 0 atom stereocenters. The average molecular weight is 302 g/mol. The summed E-state index contributed by atoms with van der Waals surface area (Å²) in [6.45, 7) is 3.96. The molecule has 1 heterocycles. The minimum atomic E-state index is -0.287. The lowest BCUT2D eigenvalue weighted by Crippen LogP contribution is -2.05. The summed E-state index contributed by atoms with van der Waals surface area (Å²) >= 11 is 5.33. The number of nitrogens with zero attached hydrogens (tertiary/aromatic N) is 1. The summed E-state index contributed by atoms with van der Waals surface area (Å²) < 4.78 is 21.4. The standard InChI is InChI=1S/C16H15FN2OS/c1-10(2)20-13-6-4-12(5-7-13)19-15-9-11(17)3-8-14(15)18-16(19)21/h3-10H,1-2H3,(H,18,21). The van der Waals surface area contributed by atoms with Crippen molar-refractivity contribution in [3.63, 3.8) is 0 Å². The molecule has 108 valence electrons. The molecule has 3 nitrogen and oxygen atoms in total. The molecule has 0 saturated carbocycles. The van der Waals surface area contributed by atoms with Gasteiger partial charge in [0.15, 0.2) is 4.77 Å². The van der Waals surface area contributed by atoms with E-state index in [1.165, 1.54) is 12.1 Å². The average Bonchev–Trinajstić information content (AvgIpc) is 2.74. The molecule has 0 amide bonds.